The first kappa shape index (κ1) is 14.8. The fraction of sp³-hybridized carbons (Fsp3) is 0.286. The van der Waals surface area contributed by atoms with Gasteiger partial charge in [-0.3, -0.25) is 0 Å². The molecule has 1 aromatic carbocycles. The van der Waals surface area contributed by atoms with Crippen molar-refractivity contribution in [3.05, 3.63) is 32.9 Å². The van der Waals surface area contributed by atoms with Gasteiger partial charge in [0.2, 0.25) is 0 Å². The first-order valence-corrected chi connectivity index (χ1v) is 6.93. The summed E-state index contributed by atoms with van der Waals surface area (Å²) < 4.78 is 16.2. The van der Waals surface area contributed by atoms with Gasteiger partial charge in [0, 0.05) is 19.4 Å². The van der Waals surface area contributed by atoms with E-state index in [1.165, 1.54) is 27.0 Å². The Bertz CT molecular complexity index is 582. The lowest BCUT2D eigenvalue weighted by Gasteiger charge is -2.29. The van der Waals surface area contributed by atoms with Gasteiger partial charge in [-0.05, 0) is 34.7 Å². The minimum Gasteiger partial charge on any atom is -0.495 e. The zero-order valence-electron chi connectivity index (χ0n) is 11.2. The third kappa shape index (κ3) is 2.95. The van der Waals surface area contributed by atoms with E-state index in [0.29, 0.717) is 11.3 Å². The molecular formula is C14H13IO5. The predicted molar refractivity (Wildman–Crippen MR) is 80.0 cm³/mol. The molecule has 0 aliphatic carbocycles. The Labute approximate surface area is 130 Å². The van der Waals surface area contributed by atoms with Crippen LogP contribution in [0.5, 0.6) is 5.75 Å². The van der Waals surface area contributed by atoms with Crippen LogP contribution < -0.4 is 4.74 Å². The van der Waals surface area contributed by atoms with Crippen LogP contribution in [0.25, 0.3) is 6.08 Å². The molecule has 1 aliphatic heterocycles. The highest BCUT2D eigenvalue weighted by Gasteiger charge is 2.39. The van der Waals surface area contributed by atoms with E-state index >= 15 is 0 Å². The second-order valence-corrected chi connectivity index (χ2v) is 5.76. The van der Waals surface area contributed by atoms with Crippen LogP contribution in [0, 0.1) is 3.57 Å². The van der Waals surface area contributed by atoms with Gasteiger partial charge in [0.15, 0.2) is 0 Å². The van der Waals surface area contributed by atoms with Crippen molar-refractivity contribution in [3.63, 3.8) is 0 Å². The maximum absolute atomic E-state index is 11.9. The number of para-hydroxylation sites is 1. The number of carbonyl (C=O) groups is 2. The summed E-state index contributed by atoms with van der Waals surface area (Å²) >= 11 is 2.11. The molecule has 106 valence electrons. The summed E-state index contributed by atoms with van der Waals surface area (Å²) in [5, 5.41) is 0. The highest BCUT2D eigenvalue weighted by Crippen LogP contribution is 2.29. The van der Waals surface area contributed by atoms with Gasteiger partial charge in [-0.1, -0.05) is 12.1 Å². The Morgan fingerprint density at radius 3 is 2.35 bits per heavy atom. The quantitative estimate of drug-likeness (QED) is 0.337. The molecule has 0 saturated carbocycles. The molecule has 0 unspecified atom stereocenters. The SMILES string of the molecule is COc1c(I)cccc1C=C1C(=O)OC(C)(C)OC1=O. The molecular weight excluding hydrogens is 375 g/mol. The van der Waals surface area contributed by atoms with Crippen molar-refractivity contribution in [3.8, 4) is 5.75 Å². The Morgan fingerprint density at radius 1 is 1.20 bits per heavy atom. The molecule has 5 nitrogen and oxygen atoms in total. The van der Waals surface area contributed by atoms with Gasteiger partial charge in [0.25, 0.3) is 5.79 Å². The Morgan fingerprint density at radius 2 is 1.80 bits per heavy atom. The molecule has 6 heteroatoms. The number of esters is 2. The number of hydrogen-bond donors (Lipinski definition) is 0. The van der Waals surface area contributed by atoms with Crippen LogP contribution in [0.3, 0.4) is 0 Å². The summed E-state index contributed by atoms with van der Waals surface area (Å²) in [6.45, 7) is 3.01. The van der Waals surface area contributed by atoms with E-state index < -0.39 is 17.7 Å². The maximum Gasteiger partial charge on any atom is 0.348 e. The van der Waals surface area contributed by atoms with E-state index in [2.05, 4.69) is 22.6 Å². The van der Waals surface area contributed by atoms with E-state index in [-0.39, 0.29) is 5.57 Å². The summed E-state index contributed by atoms with van der Waals surface area (Å²) in [5.74, 6) is -2.05. The lowest BCUT2D eigenvalue weighted by atomic mass is 10.1. The number of benzene rings is 1. The predicted octanol–water partition coefficient (Wildman–Crippen LogP) is 2.52. The summed E-state index contributed by atoms with van der Waals surface area (Å²) in [6.07, 6.45) is 1.42. The van der Waals surface area contributed by atoms with Gasteiger partial charge >= 0.3 is 11.9 Å². The average Bonchev–Trinajstić information content (AvgIpc) is 2.32. The summed E-state index contributed by atoms with van der Waals surface area (Å²) in [6, 6.07) is 5.41. The van der Waals surface area contributed by atoms with Crippen molar-refractivity contribution >= 4 is 40.6 Å². The molecule has 0 atom stereocenters. The van der Waals surface area contributed by atoms with Gasteiger partial charge < -0.3 is 14.2 Å². The molecule has 1 aliphatic rings. The van der Waals surface area contributed by atoms with Crippen LogP contribution in [-0.4, -0.2) is 24.8 Å². The van der Waals surface area contributed by atoms with E-state index in [0.717, 1.165) is 3.57 Å². The molecule has 0 aromatic heterocycles. The number of rotatable bonds is 2. The highest BCUT2D eigenvalue weighted by atomic mass is 127. The number of cyclic esters (lactones) is 2. The Kier molecular flexibility index (Phi) is 4.03. The number of hydrogen-bond acceptors (Lipinski definition) is 5. The first-order valence-electron chi connectivity index (χ1n) is 5.85. The van der Waals surface area contributed by atoms with E-state index in [4.69, 9.17) is 14.2 Å². The van der Waals surface area contributed by atoms with E-state index in [1.807, 2.05) is 6.07 Å². The largest absolute Gasteiger partial charge is 0.495 e. The highest BCUT2D eigenvalue weighted by molar-refractivity contribution is 14.1. The molecule has 0 amide bonds. The normalized spacial score (nSPS) is 17.3. The zero-order valence-corrected chi connectivity index (χ0v) is 13.4. The number of carbonyl (C=O) groups excluding carboxylic acids is 2. The monoisotopic (exact) mass is 388 g/mol. The molecule has 0 radical (unpaired) electrons. The van der Waals surface area contributed by atoms with Crippen molar-refractivity contribution in [1.82, 2.24) is 0 Å². The van der Waals surface area contributed by atoms with Gasteiger partial charge in [-0.25, -0.2) is 9.59 Å². The van der Waals surface area contributed by atoms with Crippen LogP contribution in [-0.2, 0) is 19.1 Å². The van der Waals surface area contributed by atoms with Crippen LogP contribution in [0.2, 0.25) is 0 Å². The smallest absolute Gasteiger partial charge is 0.348 e. The van der Waals surface area contributed by atoms with Crippen molar-refractivity contribution in [2.45, 2.75) is 19.6 Å². The van der Waals surface area contributed by atoms with Gasteiger partial charge in [-0.15, -0.1) is 0 Å². The molecule has 0 spiro atoms. The fourth-order valence-corrected chi connectivity index (χ4v) is 2.53. The third-order valence-corrected chi connectivity index (χ3v) is 3.47. The second kappa shape index (κ2) is 5.43. The van der Waals surface area contributed by atoms with Crippen LogP contribution in [0.4, 0.5) is 0 Å². The zero-order chi connectivity index (χ0) is 14.9. The minimum absolute atomic E-state index is 0.148. The Balaban J connectivity index is 2.44. The van der Waals surface area contributed by atoms with Crippen molar-refractivity contribution in [2.24, 2.45) is 0 Å². The second-order valence-electron chi connectivity index (χ2n) is 4.60. The summed E-state index contributed by atoms with van der Waals surface area (Å²) in [7, 11) is 1.53. The molecule has 1 saturated heterocycles. The van der Waals surface area contributed by atoms with Crippen molar-refractivity contribution in [1.29, 1.82) is 0 Å². The molecule has 1 heterocycles. The standard InChI is InChI=1S/C14H13IO5/c1-14(2)19-12(16)9(13(17)20-14)7-8-5-4-6-10(15)11(8)18-3/h4-7H,1-3H3. The van der Waals surface area contributed by atoms with Crippen LogP contribution >= 0.6 is 22.6 Å². The number of ether oxygens (including phenoxy) is 3. The number of methoxy groups -OCH3 is 1. The van der Waals surface area contributed by atoms with Crippen molar-refractivity contribution in [2.75, 3.05) is 7.11 Å². The van der Waals surface area contributed by atoms with Gasteiger partial charge in [0.05, 0.1) is 10.7 Å². The lowest BCUT2D eigenvalue weighted by Crippen LogP contribution is -2.41. The van der Waals surface area contributed by atoms with Gasteiger partial charge in [-0.2, -0.15) is 0 Å². The molecule has 1 fully saturated rings. The molecule has 0 N–H and O–H groups in total. The lowest BCUT2D eigenvalue weighted by molar-refractivity contribution is -0.222. The van der Waals surface area contributed by atoms with E-state index in [9.17, 15) is 9.59 Å². The average molecular weight is 388 g/mol. The number of halogens is 1. The molecule has 20 heavy (non-hydrogen) atoms. The first-order chi connectivity index (χ1) is 9.34. The van der Waals surface area contributed by atoms with E-state index in [1.54, 1.807) is 12.1 Å². The maximum atomic E-state index is 11.9. The van der Waals surface area contributed by atoms with Crippen LogP contribution in [0.1, 0.15) is 19.4 Å². The topological polar surface area (TPSA) is 61.8 Å². The summed E-state index contributed by atoms with van der Waals surface area (Å²) in [4.78, 5) is 23.8. The Hall–Kier alpha value is -1.57. The molecule has 1 aromatic rings. The molecule has 2 rings (SSSR count). The minimum atomic E-state index is -1.24. The fourth-order valence-electron chi connectivity index (χ4n) is 1.79. The van der Waals surface area contributed by atoms with Gasteiger partial charge in [0.1, 0.15) is 11.3 Å². The molecule has 0 bridgehead atoms. The third-order valence-electron chi connectivity index (χ3n) is 2.62. The van der Waals surface area contributed by atoms with Crippen molar-refractivity contribution < 1.29 is 23.8 Å². The summed E-state index contributed by atoms with van der Waals surface area (Å²) in [5.41, 5.74) is 0.465. The van der Waals surface area contributed by atoms with Crippen LogP contribution in [0.15, 0.2) is 23.8 Å².